The first-order valence-corrected chi connectivity index (χ1v) is 8.32. The summed E-state index contributed by atoms with van der Waals surface area (Å²) in [5, 5.41) is 0.842. The SMILES string of the molecule is COc1c(C2CC(CN)CN2C)cc2c(c1Cl)CCCC2. The number of ether oxygens (including phenoxy) is 1. The van der Waals surface area contributed by atoms with Crippen LogP contribution in [0.5, 0.6) is 5.75 Å². The topological polar surface area (TPSA) is 38.5 Å². The van der Waals surface area contributed by atoms with E-state index in [0.29, 0.717) is 12.0 Å². The molecule has 2 atom stereocenters. The number of hydrogen-bond donors (Lipinski definition) is 1. The van der Waals surface area contributed by atoms with E-state index in [9.17, 15) is 0 Å². The Bertz CT molecular complexity index is 532. The minimum absolute atomic E-state index is 0.373. The van der Waals surface area contributed by atoms with E-state index in [-0.39, 0.29) is 0 Å². The van der Waals surface area contributed by atoms with Crippen LogP contribution in [-0.2, 0) is 12.8 Å². The molecule has 3 nitrogen and oxygen atoms in total. The molecule has 1 fully saturated rings. The second-order valence-electron chi connectivity index (χ2n) is 6.45. The number of fused-ring (bicyclic) bond motifs is 1. The maximum absolute atomic E-state index is 6.66. The number of nitrogens with two attached hydrogens (primary N) is 1. The molecule has 0 radical (unpaired) electrons. The summed E-state index contributed by atoms with van der Waals surface area (Å²) in [6, 6.07) is 2.72. The van der Waals surface area contributed by atoms with Gasteiger partial charge in [0.05, 0.1) is 12.1 Å². The molecule has 1 heterocycles. The van der Waals surface area contributed by atoms with Crippen LogP contribution in [0.2, 0.25) is 5.02 Å². The van der Waals surface area contributed by atoms with Gasteiger partial charge in [-0.1, -0.05) is 17.7 Å². The quantitative estimate of drug-likeness (QED) is 0.932. The average Bonchev–Trinajstić information content (AvgIpc) is 2.88. The second kappa shape index (κ2) is 6.15. The van der Waals surface area contributed by atoms with Crippen molar-refractivity contribution in [1.29, 1.82) is 0 Å². The average molecular weight is 309 g/mol. The van der Waals surface area contributed by atoms with Crippen molar-refractivity contribution in [1.82, 2.24) is 4.90 Å². The number of halogens is 1. The zero-order valence-corrected chi connectivity index (χ0v) is 13.7. The minimum Gasteiger partial charge on any atom is -0.495 e. The molecule has 0 bridgehead atoms. The van der Waals surface area contributed by atoms with Gasteiger partial charge in [0.1, 0.15) is 5.75 Å². The van der Waals surface area contributed by atoms with Crippen molar-refractivity contribution in [2.24, 2.45) is 11.7 Å². The van der Waals surface area contributed by atoms with Gasteiger partial charge in [-0.25, -0.2) is 0 Å². The number of aryl methyl sites for hydroxylation is 1. The van der Waals surface area contributed by atoms with Crippen LogP contribution in [0.15, 0.2) is 6.07 Å². The molecule has 0 aromatic heterocycles. The maximum atomic E-state index is 6.66. The standard InChI is InChI=1S/C17H25ClN2O/c1-20-10-11(9-19)7-15(20)14-8-12-5-3-4-6-13(12)16(18)17(14)21-2/h8,11,15H,3-7,9-10,19H2,1-2H3. The summed E-state index contributed by atoms with van der Waals surface area (Å²) in [5.41, 5.74) is 9.84. The van der Waals surface area contributed by atoms with E-state index >= 15 is 0 Å². The van der Waals surface area contributed by atoms with Gasteiger partial charge in [0.15, 0.2) is 0 Å². The van der Waals surface area contributed by atoms with Gasteiger partial charge in [0.25, 0.3) is 0 Å². The smallest absolute Gasteiger partial charge is 0.142 e. The summed E-state index contributed by atoms with van der Waals surface area (Å²) in [6.45, 7) is 1.81. The van der Waals surface area contributed by atoms with E-state index in [2.05, 4.69) is 18.0 Å². The Morgan fingerprint density at radius 2 is 2.14 bits per heavy atom. The fraction of sp³-hybridized carbons (Fsp3) is 0.647. The highest BCUT2D eigenvalue weighted by Crippen LogP contribution is 2.45. The Hall–Kier alpha value is -0.770. The van der Waals surface area contributed by atoms with E-state index in [0.717, 1.165) is 43.1 Å². The van der Waals surface area contributed by atoms with Crippen molar-refractivity contribution in [3.63, 3.8) is 0 Å². The van der Waals surface area contributed by atoms with E-state index in [1.165, 1.54) is 29.5 Å². The molecule has 1 saturated heterocycles. The van der Waals surface area contributed by atoms with E-state index < -0.39 is 0 Å². The van der Waals surface area contributed by atoms with E-state index in [1.807, 2.05) is 0 Å². The molecule has 2 N–H and O–H groups in total. The molecule has 116 valence electrons. The zero-order chi connectivity index (χ0) is 15.0. The van der Waals surface area contributed by atoms with Crippen molar-refractivity contribution in [2.45, 2.75) is 38.1 Å². The highest BCUT2D eigenvalue weighted by Gasteiger charge is 2.33. The van der Waals surface area contributed by atoms with Crippen LogP contribution in [-0.4, -0.2) is 32.1 Å². The molecule has 4 heteroatoms. The molecule has 0 spiro atoms. The minimum atomic E-state index is 0.373. The Morgan fingerprint density at radius 1 is 1.38 bits per heavy atom. The van der Waals surface area contributed by atoms with Gasteiger partial charge in [-0.15, -0.1) is 0 Å². The lowest BCUT2D eigenvalue weighted by Crippen LogP contribution is -2.21. The van der Waals surface area contributed by atoms with Crippen molar-refractivity contribution in [3.8, 4) is 5.75 Å². The predicted octanol–water partition coefficient (Wildman–Crippen LogP) is 3.18. The van der Waals surface area contributed by atoms with Gasteiger partial charge in [0.2, 0.25) is 0 Å². The van der Waals surface area contributed by atoms with Gasteiger partial charge in [-0.3, -0.25) is 4.90 Å². The van der Waals surface area contributed by atoms with Crippen LogP contribution in [0.4, 0.5) is 0 Å². The molecule has 2 unspecified atom stereocenters. The lowest BCUT2D eigenvalue weighted by molar-refractivity contribution is 0.302. The van der Waals surface area contributed by atoms with Crippen molar-refractivity contribution in [2.75, 3.05) is 27.2 Å². The van der Waals surface area contributed by atoms with Crippen molar-refractivity contribution < 1.29 is 4.74 Å². The van der Waals surface area contributed by atoms with Crippen molar-refractivity contribution in [3.05, 3.63) is 27.8 Å². The molecular formula is C17H25ClN2O. The first-order valence-electron chi connectivity index (χ1n) is 7.94. The highest BCUT2D eigenvalue weighted by molar-refractivity contribution is 6.33. The molecule has 21 heavy (non-hydrogen) atoms. The number of likely N-dealkylation sites (tertiary alicyclic amines) is 1. The molecule has 0 saturated carbocycles. The van der Waals surface area contributed by atoms with Crippen LogP contribution < -0.4 is 10.5 Å². The van der Waals surface area contributed by atoms with E-state index in [4.69, 9.17) is 22.1 Å². The van der Waals surface area contributed by atoms with Crippen LogP contribution in [0, 0.1) is 5.92 Å². The third-order valence-electron chi connectivity index (χ3n) is 5.10. The molecule has 1 aromatic rings. The third-order valence-corrected chi connectivity index (χ3v) is 5.50. The molecule has 1 aromatic carbocycles. The molecule has 1 aliphatic heterocycles. The molecule has 3 rings (SSSR count). The molecule has 2 aliphatic rings. The summed E-state index contributed by atoms with van der Waals surface area (Å²) >= 11 is 6.66. The number of nitrogens with zero attached hydrogens (tertiary/aromatic N) is 1. The summed E-state index contributed by atoms with van der Waals surface area (Å²) in [4.78, 5) is 2.39. The summed E-state index contributed by atoms with van der Waals surface area (Å²) in [7, 11) is 3.91. The number of hydrogen-bond acceptors (Lipinski definition) is 3. The Balaban J connectivity index is 2.03. The summed E-state index contributed by atoms with van der Waals surface area (Å²) in [5.74, 6) is 1.45. The molecule has 0 amide bonds. The largest absolute Gasteiger partial charge is 0.495 e. The second-order valence-corrected chi connectivity index (χ2v) is 6.83. The van der Waals surface area contributed by atoms with Crippen LogP contribution in [0.1, 0.15) is 42.0 Å². The molecular weight excluding hydrogens is 284 g/mol. The fourth-order valence-electron chi connectivity index (χ4n) is 3.95. The van der Waals surface area contributed by atoms with Gasteiger partial charge in [-0.2, -0.15) is 0 Å². The van der Waals surface area contributed by atoms with Gasteiger partial charge in [-0.05, 0) is 62.7 Å². The monoisotopic (exact) mass is 308 g/mol. The van der Waals surface area contributed by atoms with E-state index in [1.54, 1.807) is 7.11 Å². The summed E-state index contributed by atoms with van der Waals surface area (Å²) < 4.78 is 5.68. The van der Waals surface area contributed by atoms with Crippen LogP contribution >= 0.6 is 11.6 Å². The molecule has 1 aliphatic carbocycles. The van der Waals surface area contributed by atoms with Gasteiger partial charge in [0, 0.05) is 18.2 Å². The maximum Gasteiger partial charge on any atom is 0.142 e. The number of benzene rings is 1. The van der Waals surface area contributed by atoms with Gasteiger partial charge < -0.3 is 10.5 Å². The lowest BCUT2D eigenvalue weighted by atomic mass is 9.87. The zero-order valence-electron chi connectivity index (χ0n) is 13.0. The van der Waals surface area contributed by atoms with Crippen molar-refractivity contribution >= 4 is 11.6 Å². The lowest BCUT2D eigenvalue weighted by Gasteiger charge is -2.26. The first kappa shape index (κ1) is 15.1. The number of rotatable bonds is 3. The van der Waals surface area contributed by atoms with Gasteiger partial charge >= 0.3 is 0 Å². The number of methoxy groups -OCH3 is 1. The normalized spacial score (nSPS) is 25.9. The predicted molar refractivity (Wildman–Crippen MR) is 87.2 cm³/mol. The Labute approximate surface area is 132 Å². The highest BCUT2D eigenvalue weighted by atomic mass is 35.5. The van der Waals surface area contributed by atoms with Crippen LogP contribution in [0.3, 0.4) is 0 Å². The third kappa shape index (κ3) is 2.67. The Morgan fingerprint density at radius 3 is 2.81 bits per heavy atom. The first-order chi connectivity index (χ1) is 10.2. The fourth-order valence-corrected chi connectivity index (χ4v) is 4.35. The van der Waals surface area contributed by atoms with Crippen LogP contribution in [0.25, 0.3) is 0 Å². The Kier molecular flexibility index (Phi) is 4.43. The summed E-state index contributed by atoms with van der Waals surface area (Å²) in [6.07, 6.45) is 5.81.